The van der Waals surface area contributed by atoms with Gasteiger partial charge in [0.1, 0.15) is 6.54 Å². The van der Waals surface area contributed by atoms with Crippen LogP contribution in [0.15, 0.2) is 54.6 Å². The van der Waals surface area contributed by atoms with Gasteiger partial charge in [-0.25, -0.2) is 0 Å². The summed E-state index contributed by atoms with van der Waals surface area (Å²) in [6, 6.07) is 14.4. The van der Waals surface area contributed by atoms with Gasteiger partial charge in [-0.2, -0.15) is 0 Å². The molecule has 0 aliphatic rings. The normalized spacial score (nSPS) is 10.6. The number of nitrogens with one attached hydrogen (secondary N) is 2. The van der Waals surface area contributed by atoms with E-state index in [9.17, 15) is 14.4 Å². The molecule has 0 spiro atoms. The molecule has 152 valence electrons. The quantitative estimate of drug-likeness (QED) is 0.676. The Morgan fingerprint density at radius 3 is 2.34 bits per heavy atom. The van der Waals surface area contributed by atoms with E-state index in [2.05, 4.69) is 10.6 Å². The van der Waals surface area contributed by atoms with Crippen LogP contribution in [0.25, 0.3) is 6.08 Å². The number of carbonyl (C=O) groups is 3. The molecule has 0 saturated heterocycles. The number of amides is 3. The zero-order valence-electron chi connectivity index (χ0n) is 17.1. The van der Waals surface area contributed by atoms with Crippen LogP contribution in [0.1, 0.15) is 34.8 Å². The lowest BCUT2D eigenvalue weighted by Crippen LogP contribution is -2.37. The van der Waals surface area contributed by atoms with Crippen LogP contribution < -0.4 is 10.6 Å². The van der Waals surface area contributed by atoms with E-state index in [1.54, 1.807) is 37.4 Å². The van der Waals surface area contributed by atoms with Gasteiger partial charge in [0, 0.05) is 30.9 Å². The fourth-order valence-corrected chi connectivity index (χ4v) is 2.78. The molecule has 0 aliphatic carbocycles. The zero-order chi connectivity index (χ0) is 21.2. The first-order valence-electron chi connectivity index (χ1n) is 9.59. The molecule has 0 atom stereocenters. The molecule has 6 nitrogen and oxygen atoms in total. The van der Waals surface area contributed by atoms with Crippen LogP contribution in [0.5, 0.6) is 0 Å². The number of hydrogen-bond acceptors (Lipinski definition) is 3. The topological polar surface area (TPSA) is 78.5 Å². The average molecular weight is 393 g/mol. The first-order valence-corrected chi connectivity index (χ1v) is 9.59. The molecule has 0 radical (unpaired) electrons. The summed E-state index contributed by atoms with van der Waals surface area (Å²) >= 11 is 0. The molecule has 6 heteroatoms. The Kier molecular flexibility index (Phi) is 8.15. The SMILES string of the molecule is CCCN(CC(=O)Nc1ccccc1C)C(=O)/C=C/c1ccc(C(=O)NC)cc1. The second kappa shape index (κ2) is 10.8. The third kappa shape index (κ3) is 6.60. The van der Waals surface area contributed by atoms with Gasteiger partial charge < -0.3 is 15.5 Å². The largest absolute Gasteiger partial charge is 0.355 e. The summed E-state index contributed by atoms with van der Waals surface area (Å²) in [5, 5.41) is 5.42. The first-order chi connectivity index (χ1) is 13.9. The summed E-state index contributed by atoms with van der Waals surface area (Å²) in [7, 11) is 1.58. The molecule has 0 aliphatic heterocycles. The van der Waals surface area contributed by atoms with E-state index in [1.807, 2.05) is 38.1 Å². The molecule has 2 aromatic carbocycles. The Morgan fingerprint density at radius 2 is 1.72 bits per heavy atom. The summed E-state index contributed by atoms with van der Waals surface area (Å²) < 4.78 is 0. The standard InChI is InChI=1S/C23H27N3O3/c1-4-15-26(16-21(27)25-20-8-6-5-7-17(20)2)22(28)14-11-18-9-12-19(13-10-18)23(29)24-3/h5-14H,4,15-16H2,1-3H3,(H,24,29)(H,25,27)/b14-11+. The Hall–Kier alpha value is -3.41. The second-order valence-electron chi connectivity index (χ2n) is 6.66. The lowest BCUT2D eigenvalue weighted by Gasteiger charge is -2.20. The highest BCUT2D eigenvalue weighted by molar-refractivity contribution is 5.98. The molecule has 2 aromatic rings. The van der Waals surface area contributed by atoms with Crippen LogP contribution in [0, 0.1) is 6.92 Å². The molecule has 29 heavy (non-hydrogen) atoms. The van der Waals surface area contributed by atoms with Crippen LogP contribution in [0.4, 0.5) is 5.69 Å². The third-order valence-corrected chi connectivity index (χ3v) is 4.38. The molecule has 0 aromatic heterocycles. The van der Waals surface area contributed by atoms with Crippen molar-refractivity contribution < 1.29 is 14.4 Å². The maximum atomic E-state index is 12.6. The van der Waals surface area contributed by atoms with Gasteiger partial charge in [-0.05, 0) is 48.7 Å². The lowest BCUT2D eigenvalue weighted by molar-refractivity contribution is -0.130. The highest BCUT2D eigenvalue weighted by Gasteiger charge is 2.15. The van der Waals surface area contributed by atoms with Gasteiger partial charge in [0.25, 0.3) is 5.91 Å². The monoisotopic (exact) mass is 393 g/mol. The maximum absolute atomic E-state index is 12.6. The van der Waals surface area contributed by atoms with Gasteiger partial charge >= 0.3 is 0 Å². The van der Waals surface area contributed by atoms with Crippen LogP contribution in [0.3, 0.4) is 0 Å². The first kappa shape index (κ1) is 21.9. The number of benzene rings is 2. The maximum Gasteiger partial charge on any atom is 0.251 e. The van der Waals surface area contributed by atoms with Crippen molar-refractivity contribution in [2.24, 2.45) is 0 Å². The highest BCUT2D eigenvalue weighted by Crippen LogP contribution is 2.13. The number of nitrogens with zero attached hydrogens (tertiary/aromatic N) is 1. The Bertz CT molecular complexity index is 888. The minimum atomic E-state index is -0.234. The molecule has 3 amide bonds. The van der Waals surface area contributed by atoms with Gasteiger partial charge in [0.05, 0.1) is 0 Å². The third-order valence-electron chi connectivity index (χ3n) is 4.38. The summed E-state index contributed by atoms with van der Waals surface area (Å²) in [4.78, 5) is 38.1. The van der Waals surface area contributed by atoms with Crippen molar-refractivity contribution in [2.75, 3.05) is 25.5 Å². The van der Waals surface area contributed by atoms with Crippen molar-refractivity contribution in [2.45, 2.75) is 20.3 Å². The van der Waals surface area contributed by atoms with Gasteiger partial charge in [-0.3, -0.25) is 14.4 Å². The zero-order valence-corrected chi connectivity index (χ0v) is 17.1. The van der Waals surface area contributed by atoms with E-state index >= 15 is 0 Å². The molecule has 0 fully saturated rings. The minimum absolute atomic E-state index is 0.0129. The summed E-state index contributed by atoms with van der Waals surface area (Å²) in [6.07, 6.45) is 3.88. The van der Waals surface area contributed by atoms with E-state index in [0.29, 0.717) is 12.1 Å². The van der Waals surface area contributed by atoms with Crippen molar-refractivity contribution in [3.8, 4) is 0 Å². The van der Waals surface area contributed by atoms with Crippen LogP contribution in [-0.4, -0.2) is 42.8 Å². The summed E-state index contributed by atoms with van der Waals surface area (Å²) in [6.45, 7) is 4.35. The highest BCUT2D eigenvalue weighted by atomic mass is 16.2. The fourth-order valence-electron chi connectivity index (χ4n) is 2.78. The number of carbonyl (C=O) groups excluding carboxylic acids is 3. The number of aryl methyl sites for hydroxylation is 1. The van der Waals surface area contributed by atoms with E-state index in [0.717, 1.165) is 23.2 Å². The molecule has 0 heterocycles. The fraction of sp³-hybridized carbons (Fsp3) is 0.261. The van der Waals surface area contributed by atoms with Gasteiger partial charge in [-0.1, -0.05) is 37.3 Å². The van der Waals surface area contributed by atoms with Crippen molar-refractivity contribution in [1.82, 2.24) is 10.2 Å². The van der Waals surface area contributed by atoms with E-state index in [4.69, 9.17) is 0 Å². The molecule has 2 N–H and O–H groups in total. The summed E-state index contributed by atoms with van der Waals surface area (Å²) in [5.74, 6) is -0.628. The van der Waals surface area contributed by atoms with Crippen molar-refractivity contribution in [3.63, 3.8) is 0 Å². The van der Waals surface area contributed by atoms with E-state index in [1.165, 1.54) is 11.0 Å². The predicted molar refractivity (Wildman–Crippen MR) is 116 cm³/mol. The molecule has 0 bridgehead atoms. The van der Waals surface area contributed by atoms with E-state index in [-0.39, 0.29) is 24.3 Å². The molecule has 2 rings (SSSR count). The van der Waals surface area contributed by atoms with Gasteiger partial charge in [0.15, 0.2) is 0 Å². The van der Waals surface area contributed by atoms with E-state index < -0.39 is 0 Å². The van der Waals surface area contributed by atoms with Crippen LogP contribution >= 0.6 is 0 Å². The van der Waals surface area contributed by atoms with Crippen molar-refractivity contribution >= 4 is 29.5 Å². The smallest absolute Gasteiger partial charge is 0.251 e. The molecule has 0 saturated carbocycles. The van der Waals surface area contributed by atoms with Gasteiger partial charge in [-0.15, -0.1) is 0 Å². The van der Waals surface area contributed by atoms with Crippen LogP contribution in [-0.2, 0) is 9.59 Å². The van der Waals surface area contributed by atoms with Crippen LogP contribution in [0.2, 0.25) is 0 Å². The van der Waals surface area contributed by atoms with Crippen molar-refractivity contribution in [3.05, 3.63) is 71.3 Å². The predicted octanol–water partition coefficient (Wildman–Crippen LogP) is 3.25. The number of hydrogen-bond donors (Lipinski definition) is 2. The minimum Gasteiger partial charge on any atom is -0.355 e. The number of anilines is 1. The molecule has 0 unspecified atom stereocenters. The summed E-state index contributed by atoms with van der Waals surface area (Å²) in [5.41, 5.74) is 3.06. The molecular weight excluding hydrogens is 366 g/mol. The van der Waals surface area contributed by atoms with Crippen molar-refractivity contribution in [1.29, 1.82) is 0 Å². The lowest BCUT2D eigenvalue weighted by atomic mass is 10.1. The Morgan fingerprint density at radius 1 is 1.03 bits per heavy atom. The average Bonchev–Trinajstić information content (AvgIpc) is 2.73. The Balaban J connectivity index is 2.01. The Labute approximate surface area is 171 Å². The molecular formula is C23H27N3O3. The number of para-hydroxylation sites is 1. The second-order valence-corrected chi connectivity index (χ2v) is 6.66. The number of rotatable bonds is 8. The van der Waals surface area contributed by atoms with Gasteiger partial charge in [0.2, 0.25) is 11.8 Å².